The lowest BCUT2D eigenvalue weighted by molar-refractivity contribution is 0.0636. The molecule has 4 rings (SSSR count). The fraction of sp³-hybridized carbons (Fsp3) is 0.370. The number of nitrogens with zero attached hydrogens (tertiary/aromatic N) is 1. The van der Waals surface area contributed by atoms with Gasteiger partial charge in [-0.1, -0.05) is 30.3 Å². The van der Waals surface area contributed by atoms with Crippen LogP contribution in [-0.4, -0.2) is 30.9 Å². The lowest BCUT2D eigenvalue weighted by Gasteiger charge is -2.30. The van der Waals surface area contributed by atoms with E-state index in [-0.39, 0.29) is 0 Å². The first kappa shape index (κ1) is 24.9. The third-order valence-corrected chi connectivity index (χ3v) is 6.74. The Kier molecular flexibility index (Phi) is 6.68. The molecular formula is C27H33N3O4S. The molecule has 3 aromatic rings. The average molecular weight is 496 g/mol. The van der Waals surface area contributed by atoms with Crippen LogP contribution in [-0.2, 0) is 21.0 Å². The fourth-order valence-corrected chi connectivity index (χ4v) is 4.77. The minimum Gasteiger partial charge on any atom is -0.444 e. The zero-order valence-electron chi connectivity index (χ0n) is 20.7. The monoisotopic (exact) mass is 495 g/mol. The van der Waals surface area contributed by atoms with Gasteiger partial charge in [0.25, 0.3) is 0 Å². The largest absolute Gasteiger partial charge is 0.444 e. The predicted octanol–water partition coefficient (Wildman–Crippen LogP) is 6.06. The normalized spacial score (nSPS) is 14.9. The molecule has 8 heteroatoms. The van der Waals surface area contributed by atoms with Crippen molar-refractivity contribution in [1.82, 2.24) is 4.57 Å². The van der Waals surface area contributed by atoms with E-state index >= 15 is 0 Å². The number of hydrogen-bond donors (Lipinski definition) is 2. The van der Waals surface area contributed by atoms with Gasteiger partial charge in [-0.3, -0.25) is 5.32 Å². The fourth-order valence-electron chi connectivity index (χ4n) is 4.32. The molecule has 1 aliphatic rings. The van der Waals surface area contributed by atoms with Gasteiger partial charge < -0.3 is 15.0 Å². The Morgan fingerprint density at radius 2 is 1.86 bits per heavy atom. The van der Waals surface area contributed by atoms with Gasteiger partial charge in [0.1, 0.15) is 5.60 Å². The molecule has 1 fully saturated rings. The van der Waals surface area contributed by atoms with Gasteiger partial charge in [-0.2, -0.15) is 0 Å². The summed E-state index contributed by atoms with van der Waals surface area (Å²) in [7, 11) is -3.15. The minimum atomic E-state index is -3.15. The highest BCUT2D eigenvalue weighted by molar-refractivity contribution is 7.93. The van der Waals surface area contributed by atoms with Crippen molar-refractivity contribution in [2.45, 2.75) is 58.1 Å². The smallest absolute Gasteiger partial charge is 0.412 e. The number of anilines is 2. The lowest BCUT2D eigenvalue weighted by atomic mass is 9.92. The number of ether oxygens (including phenoxy) is 1. The number of fused-ring (bicyclic) bond motifs is 1. The van der Waals surface area contributed by atoms with Gasteiger partial charge in [-0.25, -0.2) is 13.2 Å². The highest BCUT2D eigenvalue weighted by Gasteiger charge is 2.27. The number of nitrogen functional groups attached to an aromatic ring is 1. The molecule has 0 saturated heterocycles. The molecule has 186 valence electrons. The maximum absolute atomic E-state index is 12.1. The first-order valence-corrected chi connectivity index (χ1v) is 13.8. The number of aromatic nitrogens is 1. The van der Waals surface area contributed by atoms with E-state index in [4.69, 9.17) is 10.5 Å². The second-order valence-corrected chi connectivity index (χ2v) is 12.1. The molecule has 0 radical (unpaired) electrons. The van der Waals surface area contributed by atoms with Crippen LogP contribution >= 0.6 is 0 Å². The van der Waals surface area contributed by atoms with Crippen molar-refractivity contribution in [2.75, 3.05) is 17.3 Å². The third-order valence-electron chi connectivity index (χ3n) is 6.05. The van der Waals surface area contributed by atoms with Crippen molar-refractivity contribution in [2.24, 2.45) is 0 Å². The van der Waals surface area contributed by atoms with Crippen LogP contribution in [0.2, 0.25) is 0 Å². The molecule has 3 N–H and O–H groups in total. The Labute approximate surface area is 206 Å². The number of carbonyl (C=O) groups is 1. The van der Waals surface area contributed by atoms with Crippen LogP contribution in [0, 0.1) is 0 Å². The number of rotatable bonds is 6. The summed E-state index contributed by atoms with van der Waals surface area (Å²) in [5.74, 6) is 0. The highest BCUT2D eigenvalue weighted by Crippen LogP contribution is 2.44. The molecule has 0 spiro atoms. The Hall–Kier alpha value is -3.26. The Morgan fingerprint density at radius 1 is 1.17 bits per heavy atom. The molecule has 35 heavy (non-hydrogen) atoms. The van der Waals surface area contributed by atoms with E-state index in [1.807, 2.05) is 57.2 Å². The highest BCUT2D eigenvalue weighted by atomic mass is 32.2. The topological polar surface area (TPSA) is 103 Å². The summed E-state index contributed by atoms with van der Waals surface area (Å²) in [6.07, 6.45) is 6.26. The van der Waals surface area contributed by atoms with Crippen molar-refractivity contribution in [3.63, 3.8) is 0 Å². The standard InChI is InChI=1S/C27H33N3O4S/c1-27(2,3)34-26(31)29-20-13-11-19(12-14-20)25-24(28)22-15-10-18(7-6-16-35(4,32)33)17-23(22)30(25)21-8-5-9-21/h6,10-17,21H,5,7-9,28H2,1-4H3,(H,29,31)/b16-6+. The second-order valence-electron chi connectivity index (χ2n) is 10.2. The zero-order valence-corrected chi connectivity index (χ0v) is 21.5. The van der Waals surface area contributed by atoms with Crippen LogP contribution in [0.3, 0.4) is 0 Å². The van der Waals surface area contributed by atoms with Crippen molar-refractivity contribution in [3.05, 3.63) is 59.5 Å². The van der Waals surface area contributed by atoms with Gasteiger partial charge in [-0.15, -0.1) is 0 Å². The van der Waals surface area contributed by atoms with Crippen molar-refractivity contribution >= 4 is 38.2 Å². The number of hydrogen-bond acceptors (Lipinski definition) is 5. The molecule has 1 amide bonds. The van der Waals surface area contributed by atoms with Crippen LogP contribution in [0.4, 0.5) is 16.2 Å². The molecule has 0 aliphatic heterocycles. The van der Waals surface area contributed by atoms with E-state index in [1.165, 1.54) is 18.1 Å². The van der Waals surface area contributed by atoms with Gasteiger partial charge in [0.15, 0.2) is 9.84 Å². The summed E-state index contributed by atoms with van der Waals surface area (Å²) in [5, 5.41) is 5.00. The summed E-state index contributed by atoms with van der Waals surface area (Å²) < 4.78 is 30.5. The SMILES string of the molecule is CC(C)(C)OC(=O)Nc1ccc(-c2c(N)c3ccc(C/C=C/S(C)(=O)=O)cc3n2C2CCC2)cc1. The van der Waals surface area contributed by atoms with Gasteiger partial charge in [0.05, 0.1) is 16.9 Å². The first-order chi connectivity index (χ1) is 16.4. The number of sulfone groups is 1. The Balaban J connectivity index is 1.68. The van der Waals surface area contributed by atoms with E-state index in [0.717, 1.165) is 46.3 Å². The molecule has 1 heterocycles. The van der Waals surface area contributed by atoms with E-state index in [0.29, 0.717) is 18.2 Å². The van der Waals surface area contributed by atoms with Gasteiger partial charge in [0.2, 0.25) is 0 Å². The van der Waals surface area contributed by atoms with Gasteiger partial charge in [0, 0.05) is 34.3 Å². The quantitative estimate of drug-likeness (QED) is 0.432. The molecule has 1 saturated carbocycles. The summed E-state index contributed by atoms with van der Waals surface area (Å²) >= 11 is 0. The van der Waals surface area contributed by atoms with Crippen LogP contribution < -0.4 is 11.1 Å². The molecule has 0 bridgehead atoms. The lowest BCUT2D eigenvalue weighted by Crippen LogP contribution is -2.27. The van der Waals surface area contributed by atoms with Crippen molar-refractivity contribution in [1.29, 1.82) is 0 Å². The van der Waals surface area contributed by atoms with Crippen LogP contribution in [0.15, 0.2) is 53.9 Å². The second kappa shape index (κ2) is 9.41. The summed E-state index contributed by atoms with van der Waals surface area (Å²) in [6.45, 7) is 5.47. The minimum absolute atomic E-state index is 0.367. The molecule has 0 unspecified atom stereocenters. The molecule has 1 aromatic heterocycles. The zero-order chi connectivity index (χ0) is 25.4. The predicted molar refractivity (Wildman–Crippen MR) is 142 cm³/mol. The van der Waals surface area contributed by atoms with E-state index < -0.39 is 21.5 Å². The van der Waals surface area contributed by atoms with Crippen molar-refractivity contribution in [3.8, 4) is 11.3 Å². The summed E-state index contributed by atoms with van der Waals surface area (Å²) in [6, 6.07) is 14.1. The van der Waals surface area contributed by atoms with E-state index in [9.17, 15) is 13.2 Å². The van der Waals surface area contributed by atoms with Gasteiger partial charge in [-0.05, 0) is 70.2 Å². The number of nitrogens with one attached hydrogen (secondary N) is 1. The number of allylic oxidation sites excluding steroid dienone is 1. The molecule has 7 nitrogen and oxygen atoms in total. The van der Waals surface area contributed by atoms with Gasteiger partial charge >= 0.3 is 6.09 Å². The van der Waals surface area contributed by atoms with Crippen LogP contribution in [0.1, 0.15) is 51.6 Å². The van der Waals surface area contributed by atoms with E-state index in [1.54, 1.807) is 6.08 Å². The Bertz CT molecular complexity index is 1380. The first-order valence-electron chi connectivity index (χ1n) is 11.8. The van der Waals surface area contributed by atoms with Crippen LogP contribution in [0.5, 0.6) is 0 Å². The molecular weight excluding hydrogens is 462 g/mol. The molecule has 1 aliphatic carbocycles. The Morgan fingerprint density at radius 3 is 2.43 bits per heavy atom. The maximum Gasteiger partial charge on any atom is 0.412 e. The molecule has 2 aromatic carbocycles. The average Bonchev–Trinajstić information content (AvgIpc) is 2.97. The third kappa shape index (κ3) is 5.88. The number of carbonyl (C=O) groups excluding carboxylic acids is 1. The number of amides is 1. The maximum atomic E-state index is 12.1. The van der Waals surface area contributed by atoms with Crippen LogP contribution in [0.25, 0.3) is 22.2 Å². The van der Waals surface area contributed by atoms with E-state index in [2.05, 4.69) is 16.0 Å². The number of benzene rings is 2. The molecule has 0 atom stereocenters. The summed E-state index contributed by atoms with van der Waals surface area (Å²) in [5.41, 5.74) is 11.5. The van der Waals surface area contributed by atoms with Crippen molar-refractivity contribution < 1.29 is 17.9 Å². The number of nitrogens with two attached hydrogens (primary N) is 1. The summed E-state index contributed by atoms with van der Waals surface area (Å²) in [4.78, 5) is 12.1.